The third-order valence-corrected chi connectivity index (χ3v) is 4.44. The number of rotatable bonds is 6. The van der Waals surface area contributed by atoms with Gasteiger partial charge in [-0.05, 0) is 43.0 Å². The van der Waals surface area contributed by atoms with Gasteiger partial charge in [-0.3, -0.25) is 4.79 Å². The van der Waals surface area contributed by atoms with E-state index in [0.717, 1.165) is 10.6 Å². The number of halogens is 1. The molecule has 0 saturated carbocycles. The lowest BCUT2D eigenvalue weighted by Gasteiger charge is -2.11. The van der Waals surface area contributed by atoms with Gasteiger partial charge >= 0.3 is 5.97 Å². The van der Waals surface area contributed by atoms with Gasteiger partial charge in [-0.15, -0.1) is 11.8 Å². The highest BCUT2D eigenvalue weighted by atomic mass is 35.5. The Morgan fingerprint density at radius 2 is 1.88 bits per heavy atom. The Hall–Kier alpha value is -1.98. The van der Waals surface area contributed by atoms with Crippen molar-refractivity contribution in [1.29, 1.82) is 0 Å². The van der Waals surface area contributed by atoms with E-state index in [2.05, 4.69) is 5.32 Å². The van der Waals surface area contributed by atoms with Crippen LogP contribution in [0.2, 0.25) is 5.02 Å². The number of thioether (sulfide) groups is 1. The molecule has 6 heteroatoms. The lowest BCUT2D eigenvalue weighted by molar-refractivity contribution is 0.0526. The maximum absolute atomic E-state index is 12.5. The number of amides is 1. The molecule has 2 aromatic carbocycles. The molecule has 0 fully saturated rings. The van der Waals surface area contributed by atoms with Crippen molar-refractivity contribution in [3.8, 4) is 0 Å². The van der Waals surface area contributed by atoms with Gasteiger partial charge in [0.1, 0.15) is 0 Å². The second-order valence-corrected chi connectivity index (χ2v) is 6.51. The van der Waals surface area contributed by atoms with Crippen molar-refractivity contribution < 1.29 is 14.3 Å². The molecule has 0 aliphatic carbocycles. The molecule has 0 bridgehead atoms. The molecule has 0 atom stereocenters. The Morgan fingerprint density at radius 1 is 1.12 bits per heavy atom. The molecule has 24 heavy (non-hydrogen) atoms. The Balaban J connectivity index is 2.24. The Bertz CT molecular complexity index is 749. The molecule has 0 saturated heterocycles. The van der Waals surface area contributed by atoms with Crippen molar-refractivity contribution in [1.82, 2.24) is 0 Å². The van der Waals surface area contributed by atoms with Gasteiger partial charge in [0.05, 0.1) is 22.8 Å². The average molecular weight is 364 g/mol. The zero-order chi connectivity index (χ0) is 17.5. The van der Waals surface area contributed by atoms with Crippen molar-refractivity contribution in [3.05, 3.63) is 58.6 Å². The van der Waals surface area contributed by atoms with E-state index in [4.69, 9.17) is 16.3 Å². The zero-order valence-electron chi connectivity index (χ0n) is 13.5. The van der Waals surface area contributed by atoms with Gasteiger partial charge in [-0.1, -0.05) is 30.7 Å². The molecule has 0 aliphatic heterocycles. The van der Waals surface area contributed by atoms with E-state index in [1.54, 1.807) is 36.9 Å². The minimum absolute atomic E-state index is 0.229. The molecule has 0 unspecified atom stereocenters. The van der Waals surface area contributed by atoms with Gasteiger partial charge in [-0.2, -0.15) is 0 Å². The van der Waals surface area contributed by atoms with Crippen molar-refractivity contribution in [2.75, 3.05) is 17.7 Å². The first kappa shape index (κ1) is 18.4. The largest absolute Gasteiger partial charge is 0.462 e. The van der Waals surface area contributed by atoms with E-state index in [1.165, 1.54) is 6.07 Å². The molecule has 2 aromatic rings. The highest BCUT2D eigenvalue weighted by molar-refractivity contribution is 7.99. The van der Waals surface area contributed by atoms with Crippen LogP contribution in [-0.2, 0) is 4.74 Å². The van der Waals surface area contributed by atoms with Crippen LogP contribution in [0.4, 0.5) is 5.69 Å². The topological polar surface area (TPSA) is 55.4 Å². The monoisotopic (exact) mass is 363 g/mol. The van der Waals surface area contributed by atoms with Gasteiger partial charge < -0.3 is 10.1 Å². The van der Waals surface area contributed by atoms with Crippen LogP contribution in [-0.4, -0.2) is 24.2 Å². The van der Waals surface area contributed by atoms with Crippen LogP contribution < -0.4 is 5.32 Å². The van der Waals surface area contributed by atoms with Crippen molar-refractivity contribution in [2.45, 2.75) is 18.7 Å². The molecular formula is C18H18ClNO3S. The van der Waals surface area contributed by atoms with Crippen LogP contribution >= 0.6 is 23.4 Å². The molecule has 0 heterocycles. The number of esters is 1. The van der Waals surface area contributed by atoms with Crippen LogP contribution in [0.1, 0.15) is 34.6 Å². The van der Waals surface area contributed by atoms with Gasteiger partial charge in [0.2, 0.25) is 0 Å². The number of nitrogens with one attached hydrogen (secondary N) is 1. The van der Waals surface area contributed by atoms with Crippen molar-refractivity contribution in [2.24, 2.45) is 0 Å². The maximum Gasteiger partial charge on any atom is 0.339 e. The summed E-state index contributed by atoms with van der Waals surface area (Å²) in [5.74, 6) is 0.127. The molecule has 0 spiro atoms. The van der Waals surface area contributed by atoms with Crippen LogP contribution in [0.3, 0.4) is 0 Å². The summed E-state index contributed by atoms with van der Waals surface area (Å²) in [7, 11) is 0. The van der Waals surface area contributed by atoms with E-state index in [1.807, 2.05) is 25.1 Å². The zero-order valence-corrected chi connectivity index (χ0v) is 15.0. The standard InChI is InChI=1S/C18H18ClNO3S/c1-3-23-18(22)14-11-12(9-10-15(14)19)20-17(21)13-7-5-6-8-16(13)24-4-2/h5-11H,3-4H2,1-2H3,(H,20,21). The molecule has 0 aliphatic rings. The van der Waals surface area contributed by atoms with E-state index in [0.29, 0.717) is 11.3 Å². The number of hydrogen-bond donors (Lipinski definition) is 1. The molecule has 2 rings (SSSR count). The highest BCUT2D eigenvalue weighted by Gasteiger charge is 2.15. The summed E-state index contributed by atoms with van der Waals surface area (Å²) in [4.78, 5) is 25.3. The van der Waals surface area contributed by atoms with E-state index >= 15 is 0 Å². The minimum atomic E-state index is -0.513. The molecule has 1 N–H and O–H groups in total. The average Bonchev–Trinajstić information content (AvgIpc) is 2.57. The van der Waals surface area contributed by atoms with Gasteiger partial charge in [0.25, 0.3) is 5.91 Å². The Labute approximate surface area is 150 Å². The van der Waals surface area contributed by atoms with Gasteiger partial charge in [0.15, 0.2) is 0 Å². The summed E-state index contributed by atoms with van der Waals surface area (Å²) in [6.45, 7) is 4.01. The van der Waals surface area contributed by atoms with Gasteiger partial charge in [-0.25, -0.2) is 4.79 Å². The number of carbonyl (C=O) groups is 2. The van der Waals surface area contributed by atoms with Crippen molar-refractivity contribution in [3.63, 3.8) is 0 Å². The fourth-order valence-electron chi connectivity index (χ4n) is 2.10. The molecule has 126 valence electrons. The predicted octanol–water partition coefficient (Wildman–Crippen LogP) is 4.88. The number of ether oxygens (including phenoxy) is 1. The quantitative estimate of drug-likeness (QED) is 0.587. The van der Waals surface area contributed by atoms with Crippen LogP contribution in [0.15, 0.2) is 47.4 Å². The van der Waals surface area contributed by atoms with Gasteiger partial charge in [0, 0.05) is 10.6 Å². The minimum Gasteiger partial charge on any atom is -0.462 e. The normalized spacial score (nSPS) is 10.3. The SMILES string of the molecule is CCOC(=O)c1cc(NC(=O)c2ccccc2SCC)ccc1Cl. The lowest BCUT2D eigenvalue weighted by atomic mass is 10.1. The first-order valence-corrected chi connectivity index (χ1v) is 8.93. The first-order chi connectivity index (χ1) is 11.6. The van der Waals surface area contributed by atoms with Crippen LogP contribution in [0.25, 0.3) is 0 Å². The fraction of sp³-hybridized carbons (Fsp3) is 0.222. The second kappa shape index (κ2) is 8.76. The third kappa shape index (κ3) is 4.52. The van der Waals surface area contributed by atoms with E-state index in [-0.39, 0.29) is 23.1 Å². The molecule has 1 amide bonds. The summed E-state index contributed by atoms with van der Waals surface area (Å²) in [6.07, 6.45) is 0. The number of benzene rings is 2. The van der Waals surface area contributed by atoms with E-state index in [9.17, 15) is 9.59 Å². The summed E-state index contributed by atoms with van der Waals surface area (Å²) in [5, 5.41) is 3.09. The number of hydrogen-bond acceptors (Lipinski definition) is 4. The Kier molecular flexibility index (Phi) is 6.70. The Morgan fingerprint density at radius 3 is 2.58 bits per heavy atom. The summed E-state index contributed by atoms with van der Waals surface area (Å²) >= 11 is 7.63. The predicted molar refractivity (Wildman–Crippen MR) is 98.2 cm³/mol. The molecule has 0 radical (unpaired) electrons. The molecule has 4 nitrogen and oxygen atoms in total. The number of anilines is 1. The van der Waals surface area contributed by atoms with Crippen molar-refractivity contribution >= 4 is 40.9 Å². The van der Waals surface area contributed by atoms with Crippen LogP contribution in [0, 0.1) is 0 Å². The summed E-state index contributed by atoms with van der Waals surface area (Å²) < 4.78 is 4.97. The van der Waals surface area contributed by atoms with Crippen LogP contribution in [0.5, 0.6) is 0 Å². The third-order valence-electron chi connectivity index (χ3n) is 3.15. The lowest BCUT2D eigenvalue weighted by Crippen LogP contribution is -2.14. The number of carbonyl (C=O) groups excluding carboxylic acids is 2. The summed E-state index contributed by atoms with van der Waals surface area (Å²) in [5.41, 5.74) is 1.31. The highest BCUT2D eigenvalue weighted by Crippen LogP contribution is 2.25. The second-order valence-electron chi connectivity index (χ2n) is 4.80. The smallest absolute Gasteiger partial charge is 0.339 e. The molecule has 0 aromatic heterocycles. The first-order valence-electron chi connectivity index (χ1n) is 7.56. The van der Waals surface area contributed by atoms with E-state index < -0.39 is 5.97 Å². The molecular weight excluding hydrogens is 346 g/mol. The summed E-state index contributed by atoms with van der Waals surface area (Å²) in [6, 6.07) is 12.1. The fourth-order valence-corrected chi connectivity index (χ4v) is 3.10. The maximum atomic E-state index is 12.5.